The van der Waals surface area contributed by atoms with Gasteiger partial charge in [-0.25, -0.2) is 13.3 Å². The summed E-state index contributed by atoms with van der Waals surface area (Å²) in [6.45, 7) is 2.81. The largest absolute Gasteiger partial charge is 0.479 e. The number of nitrogens with zero attached hydrogens (tertiary/aromatic N) is 6. The SMILES string of the molecule is CCN1CC[C@@H](Nc2nc(OC)c3c(-c4ccc5nccnc5c4)ccn3n2)C(F)(F)C1. The predicted octanol–water partition coefficient (Wildman–Crippen LogP) is 3.49. The molecule has 5 rings (SSSR count). The minimum atomic E-state index is -2.88. The van der Waals surface area contributed by atoms with Gasteiger partial charge in [-0.3, -0.25) is 14.9 Å². The number of benzene rings is 1. The number of anilines is 1. The number of halogens is 2. The second-order valence-electron chi connectivity index (χ2n) is 7.84. The van der Waals surface area contributed by atoms with E-state index in [1.165, 1.54) is 7.11 Å². The Morgan fingerprint density at radius 3 is 2.75 bits per heavy atom. The van der Waals surface area contributed by atoms with Gasteiger partial charge in [-0.2, -0.15) is 4.98 Å². The highest BCUT2D eigenvalue weighted by molar-refractivity contribution is 5.89. The summed E-state index contributed by atoms with van der Waals surface area (Å²) in [4.78, 5) is 14.8. The molecular weight excluding hydrogens is 416 g/mol. The van der Waals surface area contributed by atoms with E-state index in [0.29, 0.717) is 30.9 Å². The molecular formula is C22H23F2N7O. The van der Waals surface area contributed by atoms with Gasteiger partial charge in [0, 0.05) is 30.7 Å². The maximum absolute atomic E-state index is 14.6. The summed E-state index contributed by atoms with van der Waals surface area (Å²) in [5.74, 6) is -2.47. The number of methoxy groups -OCH3 is 1. The van der Waals surface area contributed by atoms with Gasteiger partial charge < -0.3 is 10.1 Å². The molecule has 0 unspecified atom stereocenters. The Hall–Kier alpha value is -3.40. The molecule has 0 spiro atoms. The van der Waals surface area contributed by atoms with Gasteiger partial charge in [-0.1, -0.05) is 13.0 Å². The van der Waals surface area contributed by atoms with Crippen molar-refractivity contribution in [2.45, 2.75) is 25.3 Å². The fourth-order valence-electron chi connectivity index (χ4n) is 4.17. The van der Waals surface area contributed by atoms with Gasteiger partial charge in [0.1, 0.15) is 5.52 Å². The Kier molecular flexibility index (Phi) is 5.09. The van der Waals surface area contributed by atoms with Crippen molar-refractivity contribution in [2.24, 2.45) is 0 Å². The number of alkyl halides is 2. The molecule has 3 aromatic heterocycles. The highest BCUT2D eigenvalue weighted by atomic mass is 19.3. The van der Waals surface area contributed by atoms with Crippen LogP contribution in [0.25, 0.3) is 27.7 Å². The molecule has 1 N–H and O–H groups in total. The van der Waals surface area contributed by atoms with E-state index in [1.807, 2.05) is 31.2 Å². The Balaban J connectivity index is 1.50. The lowest BCUT2D eigenvalue weighted by Crippen LogP contribution is -2.54. The third-order valence-corrected chi connectivity index (χ3v) is 5.88. The highest BCUT2D eigenvalue weighted by Gasteiger charge is 2.44. The number of rotatable bonds is 5. The smallest absolute Gasteiger partial charge is 0.280 e. The van der Waals surface area contributed by atoms with E-state index >= 15 is 0 Å². The molecule has 10 heteroatoms. The maximum Gasteiger partial charge on any atom is 0.280 e. The van der Waals surface area contributed by atoms with Crippen LogP contribution in [-0.2, 0) is 0 Å². The number of fused-ring (bicyclic) bond motifs is 2. The van der Waals surface area contributed by atoms with E-state index in [1.54, 1.807) is 28.0 Å². The molecule has 166 valence electrons. The number of hydrogen-bond acceptors (Lipinski definition) is 7. The van der Waals surface area contributed by atoms with Gasteiger partial charge in [-0.15, -0.1) is 5.10 Å². The maximum atomic E-state index is 14.6. The van der Waals surface area contributed by atoms with Crippen molar-refractivity contribution in [1.82, 2.24) is 29.5 Å². The molecule has 0 aliphatic carbocycles. The van der Waals surface area contributed by atoms with E-state index in [4.69, 9.17) is 4.74 Å². The molecule has 32 heavy (non-hydrogen) atoms. The molecule has 1 aliphatic rings. The van der Waals surface area contributed by atoms with Crippen LogP contribution in [0.5, 0.6) is 5.88 Å². The summed E-state index contributed by atoms with van der Waals surface area (Å²) < 4.78 is 36.4. The Bertz CT molecular complexity index is 1280. The lowest BCUT2D eigenvalue weighted by molar-refractivity contribution is -0.0726. The average molecular weight is 439 g/mol. The van der Waals surface area contributed by atoms with Crippen molar-refractivity contribution in [1.29, 1.82) is 0 Å². The molecule has 1 aromatic carbocycles. The monoisotopic (exact) mass is 439 g/mol. The van der Waals surface area contributed by atoms with Crippen LogP contribution < -0.4 is 10.1 Å². The van der Waals surface area contributed by atoms with Gasteiger partial charge in [-0.05, 0) is 36.7 Å². The third kappa shape index (κ3) is 3.60. The molecule has 0 radical (unpaired) electrons. The van der Waals surface area contributed by atoms with E-state index < -0.39 is 12.0 Å². The minimum Gasteiger partial charge on any atom is -0.479 e. The number of piperidine rings is 1. The number of ether oxygens (including phenoxy) is 1. The van der Waals surface area contributed by atoms with Crippen LogP contribution >= 0.6 is 0 Å². The van der Waals surface area contributed by atoms with Gasteiger partial charge in [0.25, 0.3) is 5.92 Å². The zero-order chi connectivity index (χ0) is 22.3. The fourth-order valence-corrected chi connectivity index (χ4v) is 4.17. The molecule has 0 saturated carbocycles. The molecule has 1 aliphatic heterocycles. The second-order valence-corrected chi connectivity index (χ2v) is 7.84. The molecule has 1 fully saturated rings. The fraction of sp³-hybridized carbons (Fsp3) is 0.364. The van der Waals surface area contributed by atoms with Crippen molar-refractivity contribution in [2.75, 3.05) is 32.1 Å². The van der Waals surface area contributed by atoms with Crippen LogP contribution in [0.4, 0.5) is 14.7 Å². The summed E-state index contributed by atoms with van der Waals surface area (Å²) in [5.41, 5.74) is 3.96. The van der Waals surface area contributed by atoms with Crippen LogP contribution in [0.3, 0.4) is 0 Å². The first-order valence-corrected chi connectivity index (χ1v) is 10.5. The normalized spacial score (nSPS) is 18.8. The van der Waals surface area contributed by atoms with E-state index in [9.17, 15) is 8.78 Å². The first kappa shape index (κ1) is 20.5. The molecule has 0 amide bonds. The van der Waals surface area contributed by atoms with Crippen LogP contribution in [0.15, 0.2) is 42.9 Å². The number of aromatic nitrogens is 5. The van der Waals surface area contributed by atoms with E-state index in [2.05, 4.69) is 25.4 Å². The quantitative estimate of drug-likeness (QED) is 0.510. The van der Waals surface area contributed by atoms with Crippen LogP contribution in [0, 0.1) is 0 Å². The zero-order valence-corrected chi connectivity index (χ0v) is 17.8. The number of hydrogen-bond donors (Lipinski definition) is 1. The first-order chi connectivity index (χ1) is 15.5. The summed E-state index contributed by atoms with van der Waals surface area (Å²) in [5, 5.41) is 7.27. The molecule has 1 atom stereocenters. The standard InChI is InChI=1S/C22H23F2N7O/c1-3-30-10-7-18(22(23,24)13-30)27-21-28-20(32-2)19-15(6-11-31(19)29-21)14-4-5-16-17(12-14)26-9-8-25-16/h4-6,8-9,11-12,18H,3,7,10,13H2,1-2H3,(H,27,29)/t18-/m1/s1. The second kappa shape index (κ2) is 7.94. The molecule has 8 nitrogen and oxygen atoms in total. The van der Waals surface area contributed by atoms with E-state index in [-0.39, 0.29) is 12.5 Å². The topological polar surface area (TPSA) is 80.5 Å². The lowest BCUT2D eigenvalue weighted by atomic mass is 10.0. The Morgan fingerprint density at radius 1 is 1.19 bits per heavy atom. The average Bonchev–Trinajstić information content (AvgIpc) is 3.23. The minimum absolute atomic E-state index is 0.107. The molecule has 4 heterocycles. The predicted molar refractivity (Wildman–Crippen MR) is 117 cm³/mol. The van der Waals surface area contributed by atoms with Crippen molar-refractivity contribution >= 4 is 22.5 Å². The number of likely N-dealkylation sites (tertiary alicyclic amines) is 1. The van der Waals surface area contributed by atoms with Crippen molar-refractivity contribution in [3.8, 4) is 17.0 Å². The van der Waals surface area contributed by atoms with Gasteiger partial charge in [0.15, 0.2) is 0 Å². The van der Waals surface area contributed by atoms with Gasteiger partial charge in [0.2, 0.25) is 11.8 Å². The van der Waals surface area contributed by atoms with E-state index in [0.717, 1.165) is 22.2 Å². The van der Waals surface area contributed by atoms with Crippen molar-refractivity contribution in [3.63, 3.8) is 0 Å². The highest BCUT2D eigenvalue weighted by Crippen LogP contribution is 2.34. The zero-order valence-electron chi connectivity index (χ0n) is 17.8. The lowest BCUT2D eigenvalue weighted by Gasteiger charge is -2.38. The first-order valence-electron chi connectivity index (χ1n) is 10.5. The van der Waals surface area contributed by atoms with Gasteiger partial charge >= 0.3 is 0 Å². The summed E-state index contributed by atoms with van der Waals surface area (Å²) in [7, 11) is 1.50. The van der Waals surface area contributed by atoms with Crippen molar-refractivity contribution < 1.29 is 13.5 Å². The number of nitrogens with one attached hydrogen (secondary N) is 1. The van der Waals surface area contributed by atoms with Crippen LogP contribution in [-0.4, -0.2) is 68.2 Å². The molecule has 1 saturated heterocycles. The van der Waals surface area contributed by atoms with Crippen LogP contribution in [0.2, 0.25) is 0 Å². The van der Waals surface area contributed by atoms with Gasteiger partial charge in [0.05, 0.1) is 30.7 Å². The molecule has 0 bridgehead atoms. The summed E-state index contributed by atoms with van der Waals surface area (Å²) in [6.07, 6.45) is 5.36. The molecule has 4 aromatic rings. The third-order valence-electron chi connectivity index (χ3n) is 5.88. The van der Waals surface area contributed by atoms with Crippen molar-refractivity contribution in [3.05, 3.63) is 42.9 Å². The Labute approximate surface area is 183 Å². The Morgan fingerprint density at radius 2 is 2.00 bits per heavy atom. The summed E-state index contributed by atoms with van der Waals surface area (Å²) in [6, 6.07) is 6.63. The van der Waals surface area contributed by atoms with Crippen LogP contribution in [0.1, 0.15) is 13.3 Å². The summed E-state index contributed by atoms with van der Waals surface area (Å²) >= 11 is 0.